The average Bonchev–Trinajstić information content (AvgIpc) is 2.39. The zero-order valence-electron chi connectivity index (χ0n) is 10.8. The molecule has 1 unspecified atom stereocenters. The number of aryl methyl sites for hydroxylation is 1. The molecule has 0 spiro atoms. The van der Waals surface area contributed by atoms with Crippen LogP contribution in [-0.4, -0.2) is 9.55 Å². The van der Waals surface area contributed by atoms with E-state index < -0.39 is 0 Å². The van der Waals surface area contributed by atoms with E-state index in [1.807, 2.05) is 6.92 Å². The molecule has 0 aromatic carbocycles. The summed E-state index contributed by atoms with van der Waals surface area (Å²) in [5.41, 5.74) is 7.22. The summed E-state index contributed by atoms with van der Waals surface area (Å²) in [6, 6.07) is 0. The van der Waals surface area contributed by atoms with Gasteiger partial charge in [0, 0.05) is 11.5 Å². The molecule has 0 aliphatic carbocycles. The molecule has 0 radical (unpaired) electrons. The summed E-state index contributed by atoms with van der Waals surface area (Å²) < 4.78 is 2.12. The van der Waals surface area contributed by atoms with Gasteiger partial charge in [-0.1, -0.05) is 13.8 Å². The summed E-state index contributed by atoms with van der Waals surface area (Å²) in [7, 11) is 0. The molecule has 0 aliphatic heterocycles. The van der Waals surface area contributed by atoms with E-state index in [9.17, 15) is 0 Å². The highest BCUT2D eigenvalue weighted by Gasteiger charge is 2.23. The van der Waals surface area contributed by atoms with Gasteiger partial charge in [0.05, 0.1) is 5.69 Å². The third kappa shape index (κ3) is 2.16. The molecule has 1 aromatic rings. The standard InChI is InChI=1S/C12H23N3/c1-7-8(2)10-11(13)15(9(3)14-10)12(4,5)6/h8H,7,13H2,1-6H3. The summed E-state index contributed by atoms with van der Waals surface area (Å²) in [6.07, 6.45) is 1.07. The highest BCUT2D eigenvalue weighted by atomic mass is 15.2. The normalized spacial score (nSPS) is 14.3. The number of imidazole rings is 1. The molecule has 2 N–H and O–H groups in total. The Bertz CT molecular complexity index is 344. The van der Waals surface area contributed by atoms with Crippen molar-refractivity contribution in [3.8, 4) is 0 Å². The van der Waals surface area contributed by atoms with Crippen LogP contribution in [0.2, 0.25) is 0 Å². The van der Waals surface area contributed by atoms with Crippen molar-refractivity contribution in [2.24, 2.45) is 0 Å². The number of aromatic nitrogens is 2. The summed E-state index contributed by atoms with van der Waals surface area (Å²) in [5, 5.41) is 0. The summed E-state index contributed by atoms with van der Waals surface area (Å²) in [4.78, 5) is 4.59. The monoisotopic (exact) mass is 209 g/mol. The van der Waals surface area contributed by atoms with Gasteiger partial charge in [-0.3, -0.25) is 0 Å². The number of nitrogens with two attached hydrogens (primary N) is 1. The van der Waals surface area contributed by atoms with Crippen LogP contribution < -0.4 is 5.73 Å². The first-order valence-corrected chi connectivity index (χ1v) is 5.64. The van der Waals surface area contributed by atoms with E-state index in [0.717, 1.165) is 23.8 Å². The Labute approximate surface area is 92.7 Å². The SMILES string of the molecule is CCC(C)c1nc(C)n(C(C)(C)C)c1N. The number of rotatable bonds is 2. The quantitative estimate of drug-likeness (QED) is 0.813. The molecule has 0 saturated heterocycles. The molecule has 0 amide bonds. The van der Waals surface area contributed by atoms with E-state index >= 15 is 0 Å². The molecule has 86 valence electrons. The van der Waals surface area contributed by atoms with Crippen molar-refractivity contribution in [1.29, 1.82) is 0 Å². The van der Waals surface area contributed by atoms with E-state index in [-0.39, 0.29) is 5.54 Å². The van der Waals surface area contributed by atoms with Crippen LogP contribution in [0, 0.1) is 6.92 Å². The van der Waals surface area contributed by atoms with Crippen LogP contribution in [0.3, 0.4) is 0 Å². The van der Waals surface area contributed by atoms with Crippen molar-refractivity contribution in [2.45, 2.75) is 59.4 Å². The smallest absolute Gasteiger partial charge is 0.127 e. The summed E-state index contributed by atoms with van der Waals surface area (Å²) in [6.45, 7) is 12.8. The lowest BCUT2D eigenvalue weighted by molar-refractivity contribution is 0.393. The molecular weight excluding hydrogens is 186 g/mol. The first kappa shape index (κ1) is 12.1. The predicted octanol–water partition coefficient (Wildman–Crippen LogP) is 3.04. The molecule has 0 saturated carbocycles. The van der Waals surface area contributed by atoms with Gasteiger partial charge in [-0.25, -0.2) is 4.98 Å². The predicted molar refractivity (Wildman–Crippen MR) is 65.1 cm³/mol. The van der Waals surface area contributed by atoms with Crippen LogP contribution in [0.4, 0.5) is 5.82 Å². The van der Waals surface area contributed by atoms with Gasteiger partial charge in [-0.2, -0.15) is 0 Å². The van der Waals surface area contributed by atoms with Gasteiger partial charge in [0.25, 0.3) is 0 Å². The third-order valence-electron chi connectivity index (χ3n) is 2.86. The number of nitrogen functional groups attached to an aromatic ring is 1. The van der Waals surface area contributed by atoms with Crippen LogP contribution >= 0.6 is 0 Å². The maximum Gasteiger partial charge on any atom is 0.127 e. The second kappa shape index (κ2) is 3.87. The minimum Gasteiger partial charge on any atom is -0.384 e. The zero-order valence-corrected chi connectivity index (χ0v) is 10.8. The van der Waals surface area contributed by atoms with E-state index in [0.29, 0.717) is 5.92 Å². The van der Waals surface area contributed by atoms with Crippen LogP contribution in [0.5, 0.6) is 0 Å². The van der Waals surface area contributed by atoms with Gasteiger partial charge in [0.2, 0.25) is 0 Å². The number of hydrogen-bond donors (Lipinski definition) is 1. The van der Waals surface area contributed by atoms with Gasteiger partial charge in [0.15, 0.2) is 0 Å². The fourth-order valence-electron chi connectivity index (χ4n) is 1.97. The first-order valence-electron chi connectivity index (χ1n) is 5.64. The molecule has 1 heterocycles. The number of nitrogens with zero attached hydrogens (tertiary/aromatic N) is 2. The maximum atomic E-state index is 6.17. The van der Waals surface area contributed by atoms with Crippen molar-refractivity contribution < 1.29 is 0 Å². The van der Waals surface area contributed by atoms with E-state index in [1.54, 1.807) is 0 Å². The van der Waals surface area contributed by atoms with E-state index in [4.69, 9.17) is 5.73 Å². The van der Waals surface area contributed by atoms with Crippen molar-refractivity contribution in [3.05, 3.63) is 11.5 Å². The topological polar surface area (TPSA) is 43.8 Å². The Balaban J connectivity index is 3.27. The molecule has 1 aromatic heterocycles. The lowest BCUT2D eigenvalue weighted by atomic mass is 10.0. The Morgan fingerprint density at radius 2 is 1.93 bits per heavy atom. The molecule has 1 atom stereocenters. The van der Waals surface area contributed by atoms with Crippen molar-refractivity contribution >= 4 is 5.82 Å². The van der Waals surface area contributed by atoms with Crippen LogP contribution in [-0.2, 0) is 5.54 Å². The second-order valence-corrected chi connectivity index (χ2v) is 5.25. The van der Waals surface area contributed by atoms with Crippen molar-refractivity contribution in [2.75, 3.05) is 5.73 Å². The summed E-state index contributed by atoms with van der Waals surface area (Å²) >= 11 is 0. The second-order valence-electron chi connectivity index (χ2n) is 5.25. The molecule has 0 aliphatic rings. The van der Waals surface area contributed by atoms with Crippen LogP contribution in [0.1, 0.15) is 58.5 Å². The highest BCUT2D eigenvalue weighted by Crippen LogP contribution is 2.29. The molecule has 0 fully saturated rings. The van der Waals surface area contributed by atoms with Crippen LogP contribution in [0.25, 0.3) is 0 Å². The molecule has 1 rings (SSSR count). The number of anilines is 1. The Morgan fingerprint density at radius 3 is 2.27 bits per heavy atom. The minimum absolute atomic E-state index is 0.00682. The van der Waals surface area contributed by atoms with E-state index in [1.165, 1.54) is 0 Å². The fraction of sp³-hybridized carbons (Fsp3) is 0.750. The fourth-order valence-corrected chi connectivity index (χ4v) is 1.97. The third-order valence-corrected chi connectivity index (χ3v) is 2.86. The molecule has 3 heteroatoms. The highest BCUT2D eigenvalue weighted by molar-refractivity contribution is 5.41. The molecule has 0 bridgehead atoms. The number of hydrogen-bond acceptors (Lipinski definition) is 2. The lowest BCUT2D eigenvalue weighted by Gasteiger charge is -2.24. The lowest BCUT2D eigenvalue weighted by Crippen LogP contribution is -2.24. The summed E-state index contributed by atoms with van der Waals surface area (Å²) in [5.74, 6) is 2.27. The van der Waals surface area contributed by atoms with Crippen molar-refractivity contribution in [1.82, 2.24) is 9.55 Å². The first-order chi connectivity index (χ1) is 6.79. The van der Waals surface area contributed by atoms with Gasteiger partial charge in [-0.15, -0.1) is 0 Å². The van der Waals surface area contributed by atoms with Gasteiger partial charge in [0.1, 0.15) is 11.6 Å². The van der Waals surface area contributed by atoms with Gasteiger partial charge >= 0.3 is 0 Å². The van der Waals surface area contributed by atoms with Crippen molar-refractivity contribution in [3.63, 3.8) is 0 Å². The minimum atomic E-state index is 0.00682. The largest absolute Gasteiger partial charge is 0.384 e. The van der Waals surface area contributed by atoms with E-state index in [2.05, 4.69) is 44.2 Å². The Hall–Kier alpha value is -0.990. The molecule has 15 heavy (non-hydrogen) atoms. The zero-order chi connectivity index (χ0) is 11.8. The molecular formula is C12H23N3. The average molecular weight is 209 g/mol. The maximum absolute atomic E-state index is 6.17. The van der Waals surface area contributed by atoms with Gasteiger partial charge in [-0.05, 0) is 34.1 Å². The Morgan fingerprint density at radius 1 is 1.40 bits per heavy atom. The molecule has 3 nitrogen and oxygen atoms in total. The van der Waals surface area contributed by atoms with Gasteiger partial charge < -0.3 is 10.3 Å². The van der Waals surface area contributed by atoms with Crippen LogP contribution in [0.15, 0.2) is 0 Å². The Kier molecular flexibility index (Phi) is 3.12.